The first-order chi connectivity index (χ1) is 8.68. The molecule has 2 aliphatic rings. The van der Waals surface area contributed by atoms with Crippen LogP contribution in [0.3, 0.4) is 0 Å². The molecule has 1 heterocycles. The van der Waals surface area contributed by atoms with Gasteiger partial charge in [0, 0.05) is 25.1 Å². The van der Waals surface area contributed by atoms with E-state index >= 15 is 0 Å². The molecule has 3 heteroatoms. The van der Waals surface area contributed by atoms with Crippen LogP contribution in [0.5, 0.6) is 0 Å². The van der Waals surface area contributed by atoms with Crippen molar-refractivity contribution in [1.29, 1.82) is 0 Å². The third-order valence-electron chi connectivity index (χ3n) is 4.97. The quantitative estimate of drug-likeness (QED) is 0.815. The summed E-state index contributed by atoms with van der Waals surface area (Å²) in [5.41, 5.74) is 0.225. The number of fused-ring (bicyclic) bond motifs is 1. The minimum absolute atomic E-state index is 0.0565. The summed E-state index contributed by atoms with van der Waals surface area (Å²) in [6, 6.07) is 0. The maximum Gasteiger partial charge on any atom is 0.0505 e. The first-order valence-electron chi connectivity index (χ1n) is 7.58. The van der Waals surface area contributed by atoms with E-state index in [9.17, 15) is 10.2 Å². The van der Waals surface area contributed by atoms with Gasteiger partial charge in [0.1, 0.15) is 0 Å². The Kier molecular flexibility index (Phi) is 6.09. The maximum atomic E-state index is 9.88. The Morgan fingerprint density at radius 3 is 2.06 bits per heavy atom. The Hall–Kier alpha value is -0.120. The normalized spacial score (nSPS) is 36.5. The van der Waals surface area contributed by atoms with Gasteiger partial charge in [-0.15, -0.1) is 0 Å². The van der Waals surface area contributed by atoms with Gasteiger partial charge >= 0.3 is 0 Å². The highest BCUT2D eigenvalue weighted by atomic mass is 16.3. The lowest BCUT2D eigenvalue weighted by Crippen LogP contribution is -2.43. The molecule has 0 radical (unpaired) electrons. The first-order valence-corrected chi connectivity index (χ1v) is 7.58. The monoisotopic (exact) mass is 257 g/mol. The lowest BCUT2D eigenvalue weighted by molar-refractivity contribution is 0.000350. The number of nitrogens with zero attached hydrogens (tertiary/aromatic N) is 1. The van der Waals surface area contributed by atoms with Crippen molar-refractivity contribution in [3.05, 3.63) is 0 Å². The number of likely N-dealkylation sites (tertiary alicyclic amines) is 1. The van der Waals surface area contributed by atoms with Gasteiger partial charge in [0.05, 0.1) is 6.61 Å². The second-order valence-electron chi connectivity index (χ2n) is 5.93. The smallest absolute Gasteiger partial charge is 0.0505 e. The van der Waals surface area contributed by atoms with Gasteiger partial charge in [0.15, 0.2) is 0 Å². The van der Waals surface area contributed by atoms with E-state index in [-0.39, 0.29) is 24.0 Å². The lowest BCUT2D eigenvalue weighted by atomic mass is 9.61. The Labute approximate surface area is 112 Å². The molecule has 1 aliphatic carbocycles. The summed E-state index contributed by atoms with van der Waals surface area (Å²) >= 11 is 0. The molecule has 0 amide bonds. The second-order valence-corrected chi connectivity index (χ2v) is 5.93. The number of aliphatic hydroxyl groups excluding tert-OH is 2. The van der Waals surface area contributed by atoms with Gasteiger partial charge in [0.2, 0.25) is 0 Å². The highest BCUT2D eigenvalue weighted by Gasteiger charge is 2.55. The van der Waals surface area contributed by atoms with Gasteiger partial charge in [-0.2, -0.15) is 0 Å². The molecule has 2 unspecified atom stereocenters. The van der Waals surface area contributed by atoms with Crippen molar-refractivity contribution in [2.45, 2.75) is 52.4 Å². The van der Waals surface area contributed by atoms with E-state index in [1.165, 1.54) is 25.7 Å². The van der Waals surface area contributed by atoms with Crippen LogP contribution in [-0.2, 0) is 0 Å². The van der Waals surface area contributed by atoms with Crippen molar-refractivity contribution >= 4 is 0 Å². The summed E-state index contributed by atoms with van der Waals surface area (Å²) in [7, 11) is 2.14. The summed E-state index contributed by atoms with van der Waals surface area (Å²) < 4.78 is 0. The van der Waals surface area contributed by atoms with Crippen LogP contribution < -0.4 is 0 Å². The van der Waals surface area contributed by atoms with Gasteiger partial charge in [-0.05, 0) is 31.7 Å². The molecule has 0 aromatic carbocycles. The zero-order valence-corrected chi connectivity index (χ0v) is 12.4. The fourth-order valence-corrected chi connectivity index (χ4v) is 4.20. The van der Waals surface area contributed by atoms with Crippen molar-refractivity contribution in [3.63, 3.8) is 0 Å². The Morgan fingerprint density at radius 2 is 1.50 bits per heavy atom. The first kappa shape index (κ1) is 15.9. The average molecular weight is 257 g/mol. The fourth-order valence-electron chi connectivity index (χ4n) is 4.20. The molecular weight excluding hydrogens is 226 g/mol. The third kappa shape index (κ3) is 2.73. The Balaban J connectivity index is 0.000000771. The van der Waals surface area contributed by atoms with Crippen LogP contribution in [0.25, 0.3) is 0 Å². The van der Waals surface area contributed by atoms with E-state index in [1.807, 2.05) is 13.8 Å². The molecule has 0 bridgehead atoms. The van der Waals surface area contributed by atoms with E-state index in [4.69, 9.17) is 0 Å². The molecule has 0 aromatic rings. The van der Waals surface area contributed by atoms with Crippen molar-refractivity contribution in [3.8, 4) is 0 Å². The molecule has 1 saturated heterocycles. The summed E-state index contributed by atoms with van der Waals surface area (Å²) in [6.07, 6.45) is 6.96. The third-order valence-corrected chi connectivity index (χ3v) is 4.97. The molecule has 0 spiro atoms. The van der Waals surface area contributed by atoms with E-state index in [1.54, 1.807) is 0 Å². The van der Waals surface area contributed by atoms with Crippen molar-refractivity contribution in [2.24, 2.45) is 10.8 Å². The lowest BCUT2D eigenvalue weighted by Gasteiger charge is -2.43. The summed E-state index contributed by atoms with van der Waals surface area (Å²) in [6.45, 7) is 6.60. The van der Waals surface area contributed by atoms with Gasteiger partial charge in [0.25, 0.3) is 0 Å². The van der Waals surface area contributed by atoms with Crippen molar-refractivity contribution < 1.29 is 10.2 Å². The molecule has 1 aliphatic heterocycles. The van der Waals surface area contributed by atoms with Gasteiger partial charge in [-0.1, -0.05) is 33.1 Å². The number of hydrogen-bond acceptors (Lipinski definition) is 3. The van der Waals surface area contributed by atoms with Crippen molar-refractivity contribution in [1.82, 2.24) is 4.90 Å². The van der Waals surface area contributed by atoms with Crippen LogP contribution in [-0.4, -0.2) is 48.5 Å². The molecule has 108 valence electrons. The average Bonchev–Trinajstić information content (AvgIpc) is 2.54. The minimum atomic E-state index is 0.0565. The standard InChI is InChI=1S/C13H25NO2.C2H6/c1-14-9-12(7-8-15)5-3-2-4-6-13(12,10-14)11-16;1-2/h15-16H,2-11H2,1H3;1-2H3. The van der Waals surface area contributed by atoms with Crippen LogP contribution in [0.2, 0.25) is 0 Å². The maximum absolute atomic E-state index is 9.88. The van der Waals surface area contributed by atoms with E-state index < -0.39 is 0 Å². The molecular formula is C15H31NO2. The molecule has 2 fully saturated rings. The topological polar surface area (TPSA) is 43.7 Å². The van der Waals surface area contributed by atoms with Crippen LogP contribution in [0.4, 0.5) is 0 Å². The largest absolute Gasteiger partial charge is 0.396 e. The molecule has 2 atom stereocenters. The van der Waals surface area contributed by atoms with E-state index in [2.05, 4.69) is 11.9 Å². The second kappa shape index (κ2) is 6.88. The van der Waals surface area contributed by atoms with E-state index in [0.29, 0.717) is 0 Å². The van der Waals surface area contributed by atoms with Gasteiger partial charge in [-0.3, -0.25) is 0 Å². The minimum Gasteiger partial charge on any atom is -0.396 e. The van der Waals surface area contributed by atoms with Crippen LogP contribution >= 0.6 is 0 Å². The zero-order valence-electron chi connectivity index (χ0n) is 12.4. The van der Waals surface area contributed by atoms with E-state index in [0.717, 1.165) is 25.9 Å². The van der Waals surface area contributed by atoms with Crippen LogP contribution in [0.1, 0.15) is 52.4 Å². The zero-order chi connectivity index (χ0) is 13.6. The summed E-state index contributed by atoms with van der Waals surface area (Å²) in [5.74, 6) is 0. The summed E-state index contributed by atoms with van der Waals surface area (Å²) in [5, 5.41) is 19.2. The van der Waals surface area contributed by atoms with Crippen LogP contribution in [0.15, 0.2) is 0 Å². The molecule has 18 heavy (non-hydrogen) atoms. The molecule has 0 aromatic heterocycles. The number of rotatable bonds is 3. The predicted molar refractivity (Wildman–Crippen MR) is 75.6 cm³/mol. The Bertz CT molecular complexity index is 247. The Morgan fingerprint density at radius 1 is 0.944 bits per heavy atom. The van der Waals surface area contributed by atoms with Gasteiger partial charge < -0.3 is 15.1 Å². The highest BCUT2D eigenvalue weighted by molar-refractivity contribution is 5.06. The molecule has 1 saturated carbocycles. The molecule has 2 N–H and O–H groups in total. The predicted octanol–water partition coefficient (Wildman–Crippen LogP) is 2.27. The molecule has 3 nitrogen and oxygen atoms in total. The fraction of sp³-hybridized carbons (Fsp3) is 1.00. The highest BCUT2D eigenvalue weighted by Crippen LogP contribution is 2.55. The summed E-state index contributed by atoms with van der Waals surface area (Å²) in [4.78, 5) is 2.34. The van der Waals surface area contributed by atoms with Gasteiger partial charge in [-0.25, -0.2) is 0 Å². The number of aliphatic hydroxyl groups is 2. The molecule has 2 rings (SSSR count). The van der Waals surface area contributed by atoms with Crippen LogP contribution in [0, 0.1) is 10.8 Å². The number of hydrogen-bond donors (Lipinski definition) is 2. The van der Waals surface area contributed by atoms with Crippen molar-refractivity contribution in [2.75, 3.05) is 33.4 Å². The SMILES string of the molecule is CC.CN1CC2(CO)CCCCCC2(CCO)C1.